The Hall–Kier alpha value is -2.43. The molecule has 0 spiro atoms. The molecule has 1 heterocycles. The van der Waals surface area contributed by atoms with Gasteiger partial charge in [0.2, 0.25) is 0 Å². The van der Waals surface area contributed by atoms with Gasteiger partial charge in [0.05, 0.1) is 11.1 Å². The van der Waals surface area contributed by atoms with Gasteiger partial charge in [-0.05, 0) is 30.7 Å². The maximum atomic E-state index is 10.6. The molecule has 0 fully saturated rings. The summed E-state index contributed by atoms with van der Waals surface area (Å²) < 4.78 is 5.56. The predicted molar refractivity (Wildman–Crippen MR) is 62.1 cm³/mol. The van der Waals surface area contributed by atoms with E-state index in [2.05, 4.69) is 4.98 Å². The van der Waals surface area contributed by atoms with Gasteiger partial charge in [0.1, 0.15) is 11.5 Å². The summed E-state index contributed by atoms with van der Waals surface area (Å²) in [4.78, 5) is 14.1. The summed E-state index contributed by atoms with van der Waals surface area (Å²) in [6.45, 7) is 1.76. The molecule has 86 valence electrons. The van der Waals surface area contributed by atoms with Gasteiger partial charge in [0, 0.05) is 18.3 Å². The van der Waals surface area contributed by atoms with Crippen LogP contribution < -0.4 is 4.74 Å². The fourth-order valence-corrected chi connectivity index (χ4v) is 1.40. The smallest absolute Gasteiger partial charge is 0.269 e. The van der Waals surface area contributed by atoms with Crippen LogP contribution in [0.4, 0.5) is 5.69 Å². The maximum absolute atomic E-state index is 10.6. The van der Waals surface area contributed by atoms with Crippen molar-refractivity contribution in [3.63, 3.8) is 0 Å². The van der Waals surface area contributed by atoms with E-state index in [4.69, 9.17) is 4.74 Å². The number of hydrogen-bond acceptors (Lipinski definition) is 4. The van der Waals surface area contributed by atoms with Gasteiger partial charge in [-0.1, -0.05) is 0 Å². The van der Waals surface area contributed by atoms with Crippen molar-refractivity contribution in [2.75, 3.05) is 0 Å². The van der Waals surface area contributed by atoms with Crippen LogP contribution in [0.25, 0.3) is 0 Å². The van der Waals surface area contributed by atoms with E-state index in [-0.39, 0.29) is 5.69 Å². The largest absolute Gasteiger partial charge is 0.455 e. The van der Waals surface area contributed by atoms with Crippen LogP contribution in [0.1, 0.15) is 5.56 Å². The van der Waals surface area contributed by atoms with Crippen molar-refractivity contribution in [1.29, 1.82) is 0 Å². The number of rotatable bonds is 3. The molecule has 0 unspecified atom stereocenters. The van der Waals surface area contributed by atoms with Gasteiger partial charge in [0.15, 0.2) is 0 Å². The molecule has 0 atom stereocenters. The van der Waals surface area contributed by atoms with E-state index in [0.717, 1.165) is 0 Å². The summed E-state index contributed by atoms with van der Waals surface area (Å²) in [6, 6.07) is 8.01. The van der Waals surface area contributed by atoms with Gasteiger partial charge < -0.3 is 4.74 Å². The third-order valence-electron chi connectivity index (χ3n) is 2.23. The summed E-state index contributed by atoms with van der Waals surface area (Å²) in [5.41, 5.74) is 0.768. The highest BCUT2D eigenvalue weighted by atomic mass is 16.6. The highest BCUT2D eigenvalue weighted by Gasteiger charge is 2.09. The van der Waals surface area contributed by atoms with Crippen molar-refractivity contribution in [2.24, 2.45) is 0 Å². The number of aromatic nitrogens is 1. The molecule has 0 aliphatic heterocycles. The molecule has 0 saturated carbocycles. The highest BCUT2D eigenvalue weighted by Crippen LogP contribution is 2.27. The lowest BCUT2D eigenvalue weighted by molar-refractivity contribution is -0.384. The molecule has 0 aliphatic carbocycles. The first-order valence-corrected chi connectivity index (χ1v) is 5.00. The van der Waals surface area contributed by atoms with Crippen molar-refractivity contribution < 1.29 is 9.66 Å². The summed E-state index contributed by atoms with van der Waals surface area (Å²) in [7, 11) is 0. The molecule has 5 heteroatoms. The quantitative estimate of drug-likeness (QED) is 0.600. The molecule has 0 radical (unpaired) electrons. The van der Waals surface area contributed by atoms with Crippen LogP contribution >= 0.6 is 0 Å². The third-order valence-corrected chi connectivity index (χ3v) is 2.23. The van der Waals surface area contributed by atoms with Crippen molar-refractivity contribution in [3.8, 4) is 11.5 Å². The van der Waals surface area contributed by atoms with E-state index in [9.17, 15) is 10.1 Å². The minimum absolute atomic E-state index is 0.0565. The Morgan fingerprint density at radius 2 is 2.18 bits per heavy atom. The van der Waals surface area contributed by atoms with Gasteiger partial charge in [0.25, 0.3) is 5.69 Å². The Bertz CT molecular complexity index is 541. The molecule has 0 saturated heterocycles. The molecule has 1 aromatic heterocycles. The highest BCUT2D eigenvalue weighted by molar-refractivity contribution is 5.44. The van der Waals surface area contributed by atoms with E-state index in [1.54, 1.807) is 37.5 Å². The summed E-state index contributed by atoms with van der Waals surface area (Å²) in [5.74, 6) is 1.19. The van der Waals surface area contributed by atoms with Crippen LogP contribution in [-0.2, 0) is 0 Å². The van der Waals surface area contributed by atoms with Gasteiger partial charge in [-0.3, -0.25) is 15.1 Å². The van der Waals surface area contributed by atoms with Crippen LogP contribution in [0.15, 0.2) is 42.7 Å². The van der Waals surface area contributed by atoms with E-state index in [1.165, 1.54) is 12.1 Å². The van der Waals surface area contributed by atoms with E-state index >= 15 is 0 Å². The number of nitro benzene ring substituents is 1. The van der Waals surface area contributed by atoms with Gasteiger partial charge in [-0.25, -0.2) is 0 Å². The topological polar surface area (TPSA) is 65.3 Å². The number of nitrogens with zero attached hydrogens (tertiary/aromatic N) is 2. The van der Waals surface area contributed by atoms with E-state index in [1.807, 2.05) is 0 Å². The molecular formula is C12H10N2O3. The number of ether oxygens (including phenoxy) is 1. The normalized spacial score (nSPS) is 9.94. The SMILES string of the molecule is Cc1cc([N+](=O)[O-])ccc1Oc1cccnc1. The number of non-ortho nitro benzene ring substituents is 1. The lowest BCUT2D eigenvalue weighted by Crippen LogP contribution is -1.91. The molecule has 2 aromatic rings. The lowest BCUT2D eigenvalue weighted by atomic mass is 10.2. The average Bonchev–Trinajstić information content (AvgIpc) is 2.33. The monoisotopic (exact) mass is 230 g/mol. The number of benzene rings is 1. The van der Waals surface area contributed by atoms with Crippen molar-refractivity contribution in [1.82, 2.24) is 4.98 Å². The zero-order valence-electron chi connectivity index (χ0n) is 9.16. The number of nitro groups is 1. The van der Waals surface area contributed by atoms with Crippen LogP contribution in [0, 0.1) is 17.0 Å². The molecule has 1 aromatic carbocycles. The van der Waals surface area contributed by atoms with Crippen LogP contribution in [0.3, 0.4) is 0 Å². The third kappa shape index (κ3) is 2.57. The van der Waals surface area contributed by atoms with Gasteiger partial charge in [-0.15, -0.1) is 0 Å². The van der Waals surface area contributed by atoms with Gasteiger partial charge in [-0.2, -0.15) is 0 Å². The first kappa shape index (κ1) is 11.1. The molecular weight excluding hydrogens is 220 g/mol. The van der Waals surface area contributed by atoms with Crippen LogP contribution in [0.2, 0.25) is 0 Å². The molecule has 0 bridgehead atoms. The molecule has 0 amide bonds. The second kappa shape index (κ2) is 4.61. The van der Waals surface area contributed by atoms with Crippen molar-refractivity contribution in [2.45, 2.75) is 6.92 Å². The second-order valence-electron chi connectivity index (χ2n) is 3.50. The fraction of sp³-hybridized carbons (Fsp3) is 0.0833. The van der Waals surface area contributed by atoms with Crippen molar-refractivity contribution in [3.05, 3.63) is 58.4 Å². The van der Waals surface area contributed by atoms with Crippen LogP contribution in [0.5, 0.6) is 11.5 Å². The van der Waals surface area contributed by atoms with Gasteiger partial charge >= 0.3 is 0 Å². The Morgan fingerprint density at radius 3 is 2.76 bits per heavy atom. The molecule has 17 heavy (non-hydrogen) atoms. The summed E-state index contributed by atoms with van der Waals surface area (Å²) in [5, 5.41) is 10.6. The summed E-state index contributed by atoms with van der Waals surface area (Å²) >= 11 is 0. The summed E-state index contributed by atoms with van der Waals surface area (Å²) in [6.07, 6.45) is 3.23. The molecule has 5 nitrogen and oxygen atoms in total. The minimum atomic E-state index is -0.430. The molecule has 0 N–H and O–H groups in total. The zero-order valence-corrected chi connectivity index (χ0v) is 9.16. The average molecular weight is 230 g/mol. The second-order valence-corrected chi connectivity index (χ2v) is 3.50. The maximum Gasteiger partial charge on any atom is 0.269 e. The fourth-order valence-electron chi connectivity index (χ4n) is 1.40. The first-order valence-electron chi connectivity index (χ1n) is 5.00. The Labute approximate surface area is 97.8 Å². The Kier molecular flexibility index (Phi) is 3.00. The number of aryl methyl sites for hydroxylation is 1. The minimum Gasteiger partial charge on any atom is -0.455 e. The molecule has 2 rings (SSSR count). The van der Waals surface area contributed by atoms with Crippen molar-refractivity contribution >= 4 is 5.69 Å². The standard InChI is InChI=1S/C12H10N2O3/c1-9-7-10(14(15)16)4-5-12(9)17-11-3-2-6-13-8-11/h2-8H,1H3. The Balaban J connectivity index is 2.26. The van der Waals surface area contributed by atoms with E-state index in [0.29, 0.717) is 17.1 Å². The first-order chi connectivity index (χ1) is 8.16. The Morgan fingerprint density at radius 1 is 1.35 bits per heavy atom. The number of hydrogen-bond donors (Lipinski definition) is 0. The molecule has 0 aliphatic rings. The lowest BCUT2D eigenvalue weighted by Gasteiger charge is -2.07. The zero-order chi connectivity index (χ0) is 12.3. The predicted octanol–water partition coefficient (Wildman–Crippen LogP) is 3.09. The van der Waals surface area contributed by atoms with Crippen LogP contribution in [-0.4, -0.2) is 9.91 Å². The number of pyridine rings is 1. The van der Waals surface area contributed by atoms with E-state index < -0.39 is 4.92 Å².